The van der Waals surface area contributed by atoms with Crippen molar-refractivity contribution < 1.29 is 8.42 Å². The summed E-state index contributed by atoms with van der Waals surface area (Å²) in [6, 6.07) is 9.51. The van der Waals surface area contributed by atoms with Crippen molar-refractivity contribution in [1.82, 2.24) is 14.2 Å². The number of likely N-dealkylation sites (tertiary alicyclic amines) is 1. The smallest absolute Gasteiger partial charge is 0.244 e. The third kappa shape index (κ3) is 3.43. The van der Waals surface area contributed by atoms with Crippen LogP contribution in [0.4, 0.5) is 0 Å². The van der Waals surface area contributed by atoms with E-state index in [2.05, 4.69) is 9.88 Å². The van der Waals surface area contributed by atoms with Gasteiger partial charge in [0.1, 0.15) is 4.90 Å². The van der Waals surface area contributed by atoms with Crippen LogP contribution >= 0.6 is 11.6 Å². The lowest BCUT2D eigenvalue weighted by Gasteiger charge is -2.36. The van der Waals surface area contributed by atoms with Gasteiger partial charge in [-0.25, -0.2) is 8.42 Å². The SMILES string of the molecule is O=S(=O)(c1ccc(-c2ccc[nH]2)cc1Cl)N1CCC(N2CCCC2)CC1. The molecular weight excluding hydrogens is 370 g/mol. The van der Waals surface area contributed by atoms with Crippen LogP contribution in [0.2, 0.25) is 5.02 Å². The number of rotatable bonds is 4. The molecule has 140 valence electrons. The average Bonchev–Trinajstić information content (AvgIpc) is 3.35. The topological polar surface area (TPSA) is 56.4 Å². The molecule has 0 unspecified atom stereocenters. The molecule has 3 heterocycles. The van der Waals surface area contributed by atoms with Gasteiger partial charge < -0.3 is 9.88 Å². The average molecular weight is 394 g/mol. The van der Waals surface area contributed by atoms with Gasteiger partial charge >= 0.3 is 0 Å². The van der Waals surface area contributed by atoms with Gasteiger partial charge in [0.15, 0.2) is 0 Å². The van der Waals surface area contributed by atoms with Crippen molar-refractivity contribution in [1.29, 1.82) is 0 Å². The molecule has 0 saturated carbocycles. The maximum absolute atomic E-state index is 13.1. The third-order valence-corrected chi connectivity index (χ3v) is 7.92. The van der Waals surface area contributed by atoms with E-state index >= 15 is 0 Å². The zero-order chi connectivity index (χ0) is 18.1. The van der Waals surface area contributed by atoms with Gasteiger partial charge in [-0.3, -0.25) is 0 Å². The molecule has 0 aliphatic carbocycles. The Labute approximate surface area is 160 Å². The fraction of sp³-hybridized carbons (Fsp3) is 0.474. The van der Waals surface area contributed by atoms with Crippen molar-refractivity contribution in [2.75, 3.05) is 26.2 Å². The quantitative estimate of drug-likeness (QED) is 0.863. The molecule has 5 nitrogen and oxygen atoms in total. The van der Waals surface area contributed by atoms with Crippen molar-refractivity contribution in [3.8, 4) is 11.3 Å². The molecule has 0 bridgehead atoms. The summed E-state index contributed by atoms with van der Waals surface area (Å²) in [5.41, 5.74) is 1.80. The molecule has 1 aromatic carbocycles. The Morgan fingerprint density at radius 2 is 1.77 bits per heavy atom. The van der Waals surface area contributed by atoms with Gasteiger partial charge in [-0.2, -0.15) is 4.31 Å². The van der Waals surface area contributed by atoms with Crippen LogP contribution in [0.3, 0.4) is 0 Å². The summed E-state index contributed by atoms with van der Waals surface area (Å²) >= 11 is 6.35. The summed E-state index contributed by atoms with van der Waals surface area (Å²) < 4.78 is 27.7. The Balaban J connectivity index is 1.50. The molecule has 2 fully saturated rings. The maximum Gasteiger partial charge on any atom is 0.244 e. The summed E-state index contributed by atoms with van der Waals surface area (Å²) in [5, 5.41) is 0.277. The maximum atomic E-state index is 13.1. The van der Waals surface area contributed by atoms with E-state index in [1.807, 2.05) is 24.4 Å². The standard InChI is InChI=1S/C19H24ClN3O2S/c20-17-14-15(18-4-3-9-21-18)5-6-19(17)26(24,25)23-12-7-16(8-13-23)22-10-1-2-11-22/h3-6,9,14,16,21H,1-2,7-8,10-13H2. The number of hydrogen-bond acceptors (Lipinski definition) is 3. The molecule has 7 heteroatoms. The van der Waals surface area contributed by atoms with E-state index in [0.29, 0.717) is 19.1 Å². The normalized spacial score (nSPS) is 20.7. The summed E-state index contributed by atoms with van der Waals surface area (Å²) in [4.78, 5) is 5.83. The molecule has 1 N–H and O–H groups in total. The highest BCUT2D eigenvalue weighted by Crippen LogP contribution is 2.31. The van der Waals surface area contributed by atoms with Crippen LogP contribution in [0.1, 0.15) is 25.7 Å². The zero-order valence-electron chi connectivity index (χ0n) is 14.7. The highest BCUT2D eigenvalue weighted by molar-refractivity contribution is 7.89. The van der Waals surface area contributed by atoms with Crippen molar-refractivity contribution >= 4 is 21.6 Å². The van der Waals surface area contributed by atoms with Crippen LogP contribution < -0.4 is 0 Å². The number of nitrogens with one attached hydrogen (secondary N) is 1. The van der Waals surface area contributed by atoms with Crippen molar-refractivity contribution in [3.05, 3.63) is 41.6 Å². The van der Waals surface area contributed by atoms with Gasteiger partial charge in [0.05, 0.1) is 5.02 Å². The van der Waals surface area contributed by atoms with E-state index in [4.69, 9.17) is 11.6 Å². The predicted molar refractivity (Wildman–Crippen MR) is 104 cm³/mol. The lowest BCUT2D eigenvalue weighted by atomic mass is 10.1. The number of benzene rings is 1. The Morgan fingerprint density at radius 3 is 2.38 bits per heavy atom. The second-order valence-electron chi connectivity index (χ2n) is 7.11. The summed E-state index contributed by atoms with van der Waals surface area (Å²) in [6.45, 7) is 3.45. The van der Waals surface area contributed by atoms with E-state index in [1.54, 1.807) is 16.4 Å². The molecule has 4 rings (SSSR count). The largest absolute Gasteiger partial charge is 0.361 e. The fourth-order valence-corrected chi connectivity index (χ4v) is 6.07. The van der Waals surface area contributed by atoms with E-state index in [0.717, 1.165) is 37.2 Å². The van der Waals surface area contributed by atoms with Gasteiger partial charge in [-0.05, 0) is 68.6 Å². The van der Waals surface area contributed by atoms with Gasteiger partial charge in [-0.15, -0.1) is 0 Å². The molecule has 0 amide bonds. The fourth-order valence-electron chi connectivity index (χ4n) is 4.08. The van der Waals surface area contributed by atoms with Crippen LogP contribution in [0.25, 0.3) is 11.3 Å². The van der Waals surface area contributed by atoms with Crippen molar-refractivity contribution in [2.45, 2.75) is 36.6 Å². The van der Waals surface area contributed by atoms with Crippen LogP contribution in [0.5, 0.6) is 0 Å². The number of nitrogens with zero attached hydrogens (tertiary/aromatic N) is 2. The monoisotopic (exact) mass is 393 g/mol. The predicted octanol–water partition coefficient (Wildman–Crippen LogP) is 3.58. The first-order chi connectivity index (χ1) is 12.6. The number of H-pyrrole nitrogens is 1. The number of aromatic amines is 1. The van der Waals surface area contributed by atoms with Crippen LogP contribution in [0, 0.1) is 0 Å². The number of halogens is 1. The summed E-state index contributed by atoms with van der Waals surface area (Å²) in [7, 11) is -3.55. The van der Waals surface area contributed by atoms with Gasteiger partial charge in [-0.1, -0.05) is 17.7 Å². The van der Waals surface area contributed by atoms with Crippen LogP contribution in [-0.4, -0.2) is 54.8 Å². The van der Waals surface area contributed by atoms with Gasteiger partial charge in [0.2, 0.25) is 10.0 Å². The Morgan fingerprint density at radius 1 is 1.04 bits per heavy atom. The second-order valence-corrected chi connectivity index (χ2v) is 9.42. The van der Waals surface area contributed by atoms with Crippen molar-refractivity contribution in [2.24, 2.45) is 0 Å². The van der Waals surface area contributed by atoms with Crippen LogP contribution in [-0.2, 0) is 10.0 Å². The Kier molecular flexibility index (Phi) is 5.10. The molecule has 0 atom stereocenters. The van der Waals surface area contributed by atoms with E-state index < -0.39 is 10.0 Å². The molecule has 0 radical (unpaired) electrons. The molecule has 2 aliphatic rings. The van der Waals surface area contributed by atoms with E-state index in [9.17, 15) is 8.42 Å². The third-order valence-electron chi connectivity index (χ3n) is 5.54. The number of piperidine rings is 1. The first kappa shape index (κ1) is 18.0. The Bertz CT molecular complexity index is 853. The first-order valence-corrected chi connectivity index (χ1v) is 11.0. The number of sulfonamides is 1. The molecular formula is C19H24ClN3O2S. The van der Waals surface area contributed by atoms with Gasteiger partial charge in [0.25, 0.3) is 0 Å². The highest BCUT2D eigenvalue weighted by atomic mass is 35.5. The summed E-state index contributed by atoms with van der Waals surface area (Å²) in [5.74, 6) is 0. The second kappa shape index (κ2) is 7.35. The molecule has 2 saturated heterocycles. The first-order valence-electron chi connectivity index (χ1n) is 9.23. The molecule has 1 aromatic heterocycles. The lowest BCUT2D eigenvalue weighted by Crippen LogP contribution is -2.45. The number of aromatic nitrogens is 1. The molecule has 0 spiro atoms. The Hall–Kier alpha value is -1.34. The zero-order valence-corrected chi connectivity index (χ0v) is 16.3. The van der Waals surface area contributed by atoms with E-state index in [-0.39, 0.29) is 9.92 Å². The minimum Gasteiger partial charge on any atom is -0.361 e. The van der Waals surface area contributed by atoms with Crippen molar-refractivity contribution in [3.63, 3.8) is 0 Å². The lowest BCUT2D eigenvalue weighted by molar-refractivity contribution is 0.168. The van der Waals surface area contributed by atoms with E-state index in [1.165, 1.54) is 12.8 Å². The number of hydrogen-bond donors (Lipinski definition) is 1. The minimum atomic E-state index is -3.55. The minimum absolute atomic E-state index is 0.203. The highest BCUT2D eigenvalue weighted by Gasteiger charge is 2.33. The van der Waals surface area contributed by atoms with Crippen LogP contribution in [0.15, 0.2) is 41.4 Å². The molecule has 26 heavy (non-hydrogen) atoms. The van der Waals surface area contributed by atoms with Gasteiger partial charge in [0, 0.05) is 31.0 Å². The molecule has 2 aromatic rings. The summed E-state index contributed by atoms with van der Waals surface area (Å²) in [6.07, 6.45) is 6.16. The molecule has 2 aliphatic heterocycles.